The van der Waals surface area contributed by atoms with Gasteiger partial charge in [0.15, 0.2) is 0 Å². The summed E-state index contributed by atoms with van der Waals surface area (Å²) in [7, 11) is 0. The Balaban J connectivity index is 1.30. The van der Waals surface area contributed by atoms with E-state index in [4.69, 9.17) is 4.74 Å². The van der Waals surface area contributed by atoms with E-state index in [1.807, 2.05) is 24.3 Å². The van der Waals surface area contributed by atoms with E-state index < -0.39 is 23.5 Å². The molecule has 1 fully saturated rings. The monoisotopic (exact) mass is 468 g/mol. The Bertz CT molecular complexity index is 1020. The van der Waals surface area contributed by atoms with Crippen LogP contribution in [0.3, 0.4) is 0 Å². The fourth-order valence-electron chi connectivity index (χ4n) is 4.47. The van der Waals surface area contributed by atoms with Crippen molar-refractivity contribution in [1.29, 1.82) is 0 Å². The molecule has 0 saturated carbocycles. The predicted molar refractivity (Wildman–Crippen MR) is 127 cm³/mol. The lowest BCUT2D eigenvalue weighted by molar-refractivity contribution is -0.151. The molecule has 7 nitrogen and oxygen atoms in total. The second-order valence-electron chi connectivity index (χ2n) is 9.02. The minimum Gasteiger partial charge on any atom is -0.480 e. The highest BCUT2D eigenvalue weighted by Gasteiger charge is 2.41. The van der Waals surface area contributed by atoms with Crippen molar-refractivity contribution in [2.75, 3.05) is 24.8 Å². The van der Waals surface area contributed by atoms with Crippen molar-refractivity contribution in [1.82, 2.24) is 10.2 Å². The summed E-state index contributed by atoms with van der Waals surface area (Å²) in [4.78, 5) is 38.1. The number of hydrogen-bond donors (Lipinski definition) is 2. The summed E-state index contributed by atoms with van der Waals surface area (Å²) < 4.78 is 5.54. The minimum absolute atomic E-state index is 0.0122. The van der Waals surface area contributed by atoms with Gasteiger partial charge < -0.3 is 20.1 Å². The van der Waals surface area contributed by atoms with Crippen molar-refractivity contribution in [3.8, 4) is 11.1 Å². The molecule has 33 heavy (non-hydrogen) atoms. The Kier molecular flexibility index (Phi) is 6.65. The first-order chi connectivity index (χ1) is 15.8. The van der Waals surface area contributed by atoms with Crippen LogP contribution in [-0.4, -0.2) is 58.8 Å². The molecule has 2 aliphatic rings. The van der Waals surface area contributed by atoms with E-state index >= 15 is 0 Å². The van der Waals surface area contributed by atoms with E-state index in [9.17, 15) is 19.5 Å². The molecule has 2 amide bonds. The molecule has 4 rings (SSSR count). The Morgan fingerprint density at radius 2 is 1.70 bits per heavy atom. The molecule has 2 aromatic carbocycles. The Morgan fingerprint density at radius 1 is 1.09 bits per heavy atom. The van der Waals surface area contributed by atoms with E-state index in [0.717, 1.165) is 11.1 Å². The number of fused-ring (bicyclic) bond motifs is 3. The van der Waals surface area contributed by atoms with Gasteiger partial charge >= 0.3 is 12.1 Å². The highest BCUT2D eigenvalue weighted by Crippen LogP contribution is 2.44. The van der Waals surface area contributed by atoms with Gasteiger partial charge in [-0.25, -0.2) is 9.59 Å². The summed E-state index contributed by atoms with van der Waals surface area (Å²) in [6.45, 7) is 4.04. The standard InChI is InChI=1S/C25H28N2O5S/c1-25(2,23(30)27-15-33-14-21(27)22(28)29)11-12-26-24(31)32-13-20-18-9-5-3-7-16(18)17-8-4-6-10-19(17)20/h3-10,20-21H,11-15H2,1-2H3,(H,26,31)(H,28,29)/t21-/m0/s1. The average Bonchev–Trinajstić information content (AvgIpc) is 3.40. The molecule has 2 aromatic rings. The van der Waals surface area contributed by atoms with Gasteiger partial charge in [0, 0.05) is 23.6 Å². The molecule has 1 saturated heterocycles. The quantitative estimate of drug-likeness (QED) is 0.639. The summed E-state index contributed by atoms with van der Waals surface area (Å²) in [5.41, 5.74) is 3.84. The Labute approximate surface area is 197 Å². The van der Waals surface area contributed by atoms with Crippen molar-refractivity contribution < 1.29 is 24.2 Å². The average molecular weight is 469 g/mol. The summed E-state index contributed by atoms with van der Waals surface area (Å²) in [5, 5.41) is 12.1. The zero-order valence-electron chi connectivity index (χ0n) is 18.7. The number of carboxylic acid groups (broad SMARTS) is 1. The van der Waals surface area contributed by atoms with Gasteiger partial charge in [0.2, 0.25) is 5.91 Å². The van der Waals surface area contributed by atoms with Gasteiger partial charge in [-0.3, -0.25) is 4.79 Å². The number of carboxylic acids is 1. The maximum Gasteiger partial charge on any atom is 0.407 e. The van der Waals surface area contributed by atoms with Crippen LogP contribution < -0.4 is 5.32 Å². The Morgan fingerprint density at radius 3 is 2.30 bits per heavy atom. The van der Waals surface area contributed by atoms with Crippen LogP contribution in [0.2, 0.25) is 0 Å². The molecule has 0 bridgehead atoms. The molecule has 0 unspecified atom stereocenters. The summed E-state index contributed by atoms with van der Waals surface area (Å²) in [6, 6.07) is 15.5. The third kappa shape index (κ3) is 4.71. The van der Waals surface area contributed by atoms with Gasteiger partial charge in [-0.2, -0.15) is 0 Å². The molecule has 1 aliphatic carbocycles. The number of carbonyl (C=O) groups excluding carboxylic acids is 2. The lowest BCUT2D eigenvalue weighted by atomic mass is 9.87. The molecular formula is C25H28N2O5S. The Hall–Kier alpha value is -3.00. The molecule has 0 aromatic heterocycles. The van der Waals surface area contributed by atoms with Gasteiger partial charge in [-0.15, -0.1) is 11.8 Å². The number of rotatable bonds is 7. The van der Waals surface area contributed by atoms with Crippen LogP contribution in [-0.2, 0) is 14.3 Å². The molecular weight excluding hydrogens is 440 g/mol. The first-order valence-corrected chi connectivity index (χ1v) is 12.2. The van der Waals surface area contributed by atoms with E-state index in [-0.39, 0.29) is 25.0 Å². The first kappa shape index (κ1) is 23.2. The number of nitrogens with one attached hydrogen (secondary N) is 1. The maximum absolute atomic E-state index is 12.9. The smallest absolute Gasteiger partial charge is 0.407 e. The van der Waals surface area contributed by atoms with Crippen molar-refractivity contribution in [2.24, 2.45) is 5.41 Å². The van der Waals surface area contributed by atoms with Crippen LogP contribution in [0.25, 0.3) is 11.1 Å². The second-order valence-corrected chi connectivity index (χ2v) is 10.0. The SMILES string of the molecule is CC(C)(CCNC(=O)OCC1c2ccccc2-c2ccccc21)C(=O)N1CSC[C@H]1C(=O)O. The van der Waals surface area contributed by atoms with Crippen molar-refractivity contribution in [3.05, 3.63) is 59.7 Å². The largest absolute Gasteiger partial charge is 0.480 e. The van der Waals surface area contributed by atoms with Crippen LogP contribution in [0.5, 0.6) is 0 Å². The number of aliphatic carboxylic acids is 1. The fourth-order valence-corrected chi connectivity index (χ4v) is 5.61. The van der Waals surface area contributed by atoms with E-state index in [0.29, 0.717) is 18.1 Å². The van der Waals surface area contributed by atoms with Crippen molar-refractivity contribution in [2.45, 2.75) is 32.2 Å². The van der Waals surface area contributed by atoms with Crippen LogP contribution >= 0.6 is 11.8 Å². The predicted octanol–water partition coefficient (Wildman–Crippen LogP) is 3.93. The fraction of sp³-hybridized carbons (Fsp3) is 0.400. The number of thioether (sulfide) groups is 1. The lowest BCUT2D eigenvalue weighted by Crippen LogP contribution is -2.48. The maximum atomic E-state index is 12.9. The first-order valence-electron chi connectivity index (χ1n) is 11.0. The van der Waals surface area contributed by atoms with Gasteiger partial charge in [0.25, 0.3) is 0 Å². The second kappa shape index (κ2) is 9.47. The third-order valence-electron chi connectivity index (χ3n) is 6.37. The van der Waals surface area contributed by atoms with Gasteiger partial charge in [-0.1, -0.05) is 62.4 Å². The number of nitrogens with zero attached hydrogens (tertiary/aromatic N) is 1. The van der Waals surface area contributed by atoms with Gasteiger partial charge in [0.05, 0.1) is 5.88 Å². The zero-order valence-corrected chi connectivity index (χ0v) is 19.6. The van der Waals surface area contributed by atoms with Gasteiger partial charge in [-0.05, 0) is 28.7 Å². The van der Waals surface area contributed by atoms with Crippen LogP contribution in [0.4, 0.5) is 4.79 Å². The number of carbonyl (C=O) groups is 3. The van der Waals surface area contributed by atoms with Crippen molar-refractivity contribution in [3.63, 3.8) is 0 Å². The molecule has 1 aliphatic heterocycles. The van der Waals surface area contributed by atoms with E-state index in [2.05, 4.69) is 29.6 Å². The summed E-state index contributed by atoms with van der Waals surface area (Å²) in [6.07, 6.45) is -0.149. The highest BCUT2D eigenvalue weighted by atomic mass is 32.2. The number of amides is 2. The topological polar surface area (TPSA) is 95.9 Å². The lowest BCUT2D eigenvalue weighted by Gasteiger charge is -2.31. The number of benzene rings is 2. The van der Waals surface area contributed by atoms with E-state index in [1.54, 1.807) is 13.8 Å². The van der Waals surface area contributed by atoms with Crippen LogP contribution in [0.1, 0.15) is 37.3 Å². The van der Waals surface area contributed by atoms with E-state index in [1.165, 1.54) is 27.8 Å². The number of alkyl carbamates (subject to hydrolysis) is 1. The van der Waals surface area contributed by atoms with Crippen LogP contribution in [0, 0.1) is 5.41 Å². The molecule has 0 spiro atoms. The molecule has 1 heterocycles. The molecule has 0 radical (unpaired) electrons. The van der Waals surface area contributed by atoms with Crippen LogP contribution in [0.15, 0.2) is 48.5 Å². The molecule has 174 valence electrons. The summed E-state index contributed by atoms with van der Waals surface area (Å²) in [5.74, 6) is -0.439. The number of hydrogen-bond acceptors (Lipinski definition) is 5. The normalized spacial score (nSPS) is 17.4. The van der Waals surface area contributed by atoms with Gasteiger partial charge in [0.1, 0.15) is 12.6 Å². The highest BCUT2D eigenvalue weighted by molar-refractivity contribution is 7.99. The third-order valence-corrected chi connectivity index (χ3v) is 7.38. The zero-order chi connectivity index (χ0) is 23.6. The number of ether oxygens (including phenoxy) is 1. The minimum atomic E-state index is -0.985. The summed E-state index contributed by atoms with van der Waals surface area (Å²) >= 11 is 1.44. The van der Waals surface area contributed by atoms with Crippen molar-refractivity contribution >= 4 is 29.7 Å². The molecule has 2 N–H and O–H groups in total. The molecule has 8 heteroatoms. The molecule has 1 atom stereocenters.